The topological polar surface area (TPSA) is 87.0 Å². The summed E-state index contributed by atoms with van der Waals surface area (Å²) in [5, 5.41) is 15.7. The minimum atomic E-state index is -4.47. The van der Waals surface area contributed by atoms with Gasteiger partial charge in [-0.1, -0.05) is 23.5 Å². The van der Waals surface area contributed by atoms with Crippen LogP contribution in [0.25, 0.3) is 16.3 Å². The van der Waals surface area contributed by atoms with Gasteiger partial charge in [0.1, 0.15) is 28.9 Å². The van der Waals surface area contributed by atoms with E-state index in [9.17, 15) is 27.6 Å². The zero-order valence-corrected chi connectivity index (χ0v) is 20.3. The number of rotatable bonds is 7. The second kappa shape index (κ2) is 10.1. The zero-order chi connectivity index (χ0) is 26.9. The van der Waals surface area contributed by atoms with Gasteiger partial charge in [0.25, 0.3) is 0 Å². The number of ether oxygens (including phenoxy) is 1. The molecule has 38 heavy (non-hydrogen) atoms. The maximum atomic E-state index is 14.4. The van der Waals surface area contributed by atoms with Crippen molar-refractivity contribution in [1.82, 2.24) is 4.98 Å². The van der Waals surface area contributed by atoms with E-state index in [1.54, 1.807) is 12.1 Å². The molecule has 1 amide bonds. The lowest BCUT2D eigenvalue weighted by atomic mass is 10.1. The molecule has 0 spiro atoms. The third-order valence-electron chi connectivity index (χ3n) is 5.70. The van der Waals surface area contributed by atoms with Crippen LogP contribution in [-0.2, 0) is 11.0 Å². The summed E-state index contributed by atoms with van der Waals surface area (Å²) >= 11 is 1.17. The van der Waals surface area contributed by atoms with Crippen LogP contribution < -0.4 is 15.4 Å². The van der Waals surface area contributed by atoms with E-state index in [0.29, 0.717) is 15.3 Å². The second-order valence-corrected chi connectivity index (χ2v) is 9.52. The summed E-state index contributed by atoms with van der Waals surface area (Å²) in [5.74, 6) is -0.240. The van der Waals surface area contributed by atoms with Crippen molar-refractivity contribution in [1.29, 1.82) is 5.26 Å². The Morgan fingerprint density at radius 3 is 2.71 bits per heavy atom. The Hall–Kier alpha value is -4.43. The van der Waals surface area contributed by atoms with E-state index in [1.165, 1.54) is 53.9 Å². The Morgan fingerprint density at radius 1 is 1.16 bits per heavy atom. The number of amides is 1. The van der Waals surface area contributed by atoms with Gasteiger partial charge in [0.15, 0.2) is 5.13 Å². The molecule has 1 aliphatic carbocycles. The normalized spacial score (nSPS) is 13.4. The van der Waals surface area contributed by atoms with Gasteiger partial charge in [-0.3, -0.25) is 4.79 Å². The number of hydrogen-bond donors (Lipinski definition) is 2. The predicted octanol–water partition coefficient (Wildman–Crippen LogP) is 7.55. The molecule has 0 bridgehead atoms. The van der Waals surface area contributed by atoms with Crippen LogP contribution in [-0.4, -0.2) is 10.9 Å². The highest BCUT2D eigenvalue weighted by molar-refractivity contribution is 7.22. The molecule has 0 radical (unpaired) electrons. The number of thiazole rings is 1. The van der Waals surface area contributed by atoms with Crippen LogP contribution >= 0.6 is 11.3 Å². The van der Waals surface area contributed by atoms with Crippen molar-refractivity contribution >= 4 is 44.4 Å². The molecule has 5 rings (SSSR count). The maximum Gasteiger partial charge on any atom is 0.416 e. The predicted molar refractivity (Wildman–Crippen MR) is 136 cm³/mol. The number of carbonyl (C=O) groups is 1. The smallest absolute Gasteiger partial charge is 0.416 e. The van der Waals surface area contributed by atoms with Crippen molar-refractivity contribution in [3.63, 3.8) is 0 Å². The van der Waals surface area contributed by atoms with Gasteiger partial charge in [-0.15, -0.1) is 0 Å². The minimum Gasteiger partial charge on any atom is -0.456 e. The van der Waals surface area contributed by atoms with Crippen LogP contribution in [0.2, 0.25) is 0 Å². The molecular weight excluding hydrogens is 520 g/mol. The summed E-state index contributed by atoms with van der Waals surface area (Å²) in [4.78, 5) is 16.4. The monoisotopic (exact) mass is 538 g/mol. The summed E-state index contributed by atoms with van der Waals surface area (Å²) < 4.78 is 59.5. The molecule has 1 aromatic heterocycles. The molecule has 192 valence electrons. The molecule has 11 heteroatoms. The van der Waals surface area contributed by atoms with Gasteiger partial charge in [0, 0.05) is 18.2 Å². The van der Waals surface area contributed by atoms with Crippen LogP contribution in [0.3, 0.4) is 0 Å². The minimum absolute atomic E-state index is 0.0116. The first-order valence-electron chi connectivity index (χ1n) is 11.4. The number of halogens is 4. The number of nitrogens with one attached hydrogen (secondary N) is 2. The second-order valence-electron chi connectivity index (χ2n) is 8.53. The molecule has 2 N–H and O–H groups in total. The number of hydrogen-bond acceptors (Lipinski definition) is 6. The molecule has 0 atom stereocenters. The lowest BCUT2D eigenvalue weighted by molar-refractivity contribution is -0.137. The van der Waals surface area contributed by atoms with Crippen molar-refractivity contribution in [3.05, 3.63) is 83.3 Å². The number of benzene rings is 3. The van der Waals surface area contributed by atoms with Crippen LogP contribution in [0.15, 0.2) is 60.8 Å². The maximum absolute atomic E-state index is 14.4. The Balaban J connectivity index is 1.34. The highest BCUT2D eigenvalue weighted by Gasteiger charge is 2.31. The summed E-state index contributed by atoms with van der Waals surface area (Å²) in [6.07, 6.45) is -0.0560. The lowest BCUT2D eigenvalue weighted by Gasteiger charge is -2.10. The van der Waals surface area contributed by atoms with E-state index in [4.69, 9.17) is 4.74 Å². The van der Waals surface area contributed by atoms with Crippen LogP contribution in [0.1, 0.15) is 29.5 Å². The molecule has 1 saturated carbocycles. The molecule has 0 aliphatic heterocycles. The summed E-state index contributed by atoms with van der Waals surface area (Å²) in [6, 6.07) is 14.0. The number of aromatic nitrogens is 1. The molecular formula is C27H18F4N4O2S. The molecule has 1 aliphatic rings. The van der Waals surface area contributed by atoms with Gasteiger partial charge in [-0.25, -0.2) is 9.37 Å². The molecule has 6 nitrogen and oxygen atoms in total. The lowest BCUT2D eigenvalue weighted by Crippen LogP contribution is -2.12. The van der Waals surface area contributed by atoms with E-state index >= 15 is 0 Å². The first-order valence-corrected chi connectivity index (χ1v) is 12.2. The highest BCUT2D eigenvalue weighted by atomic mass is 32.1. The third kappa shape index (κ3) is 5.60. The first kappa shape index (κ1) is 25.2. The number of fused-ring (bicyclic) bond motifs is 1. The Morgan fingerprint density at radius 2 is 1.97 bits per heavy atom. The number of carbonyl (C=O) groups excluding carboxylic acids is 1. The van der Waals surface area contributed by atoms with E-state index in [0.717, 1.165) is 25.0 Å². The van der Waals surface area contributed by atoms with Crippen LogP contribution in [0, 0.1) is 23.1 Å². The number of alkyl halides is 3. The van der Waals surface area contributed by atoms with Gasteiger partial charge in [0.2, 0.25) is 5.91 Å². The van der Waals surface area contributed by atoms with E-state index < -0.39 is 17.6 Å². The number of nitrogens with zero attached hydrogens (tertiary/aromatic N) is 2. The van der Waals surface area contributed by atoms with Gasteiger partial charge in [-0.2, -0.15) is 18.4 Å². The number of nitriles is 1. The van der Waals surface area contributed by atoms with E-state index in [2.05, 4.69) is 21.7 Å². The van der Waals surface area contributed by atoms with Gasteiger partial charge < -0.3 is 15.4 Å². The fourth-order valence-corrected chi connectivity index (χ4v) is 4.58. The van der Waals surface area contributed by atoms with Crippen molar-refractivity contribution in [2.75, 3.05) is 10.6 Å². The van der Waals surface area contributed by atoms with Crippen molar-refractivity contribution < 1.29 is 27.1 Å². The summed E-state index contributed by atoms with van der Waals surface area (Å²) in [5.41, 5.74) is 0.267. The highest BCUT2D eigenvalue weighted by Crippen LogP contribution is 2.38. The fourth-order valence-electron chi connectivity index (χ4n) is 3.62. The van der Waals surface area contributed by atoms with Crippen molar-refractivity contribution in [2.45, 2.75) is 19.0 Å². The molecule has 4 aromatic rings. The van der Waals surface area contributed by atoms with Crippen molar-refractivity contribution in [3.8, 4) is 17.6 Å². The zero-order valence-electron chi connectivity index (χ0n) is 19.5. The fraction of sp³-hybridized carbons (Fsp3) is 0.148. The largest absolute Gasteiger partial charge is 0.456 e. The SMILES string of the molecule is N#Cc1c(Oc2ccc(F)c(NC=Cc3cccc(C(F)(F)F)c3)c2)ccc2nc(NC(=O)C3CC3)sc12. The molecule has 1 fully saturated rings. The van der Waals surface area contributed by atoms with Gasteiger partial charge in [-0.05, 0) is 60.9 Å². The molecule has 1 heterocycles. The average molecular weight is 539 g/mol. The Labute approximate surface area is 218 Å². The Bertz CT molecular complexity index is 1600. The standard InChI is InChI=1S/C27H18F4N4O2S/c28-20-7-6-18(13-22(20)33-11-10-15-2-1-3-17(12-15)27(29,30)31)37-23-9-8-21-24(19(23)14-32)38-26(34-21)35-25(36)16-4-5-16/h1-3,6-13,16,33H,4-5H2,(H,34,35,36). The van der Waals surface area contributed by atoms with E-state index in [-0.39, 0.29) is 40.1 Å². The van der Waals surface area contributed by atoms with Crippen LogP contribution in [0.5, 0.6) is 11.5 Å². The Kier molecular flexibility index (Phi) is 6.73. The van der Waals surface area contributed by atoms with Gasteiger partial charge in [0.05, 0.1) is 21.5 Å². The van der Waals surface area contributed by atoms with Gasteiger partial charge >= 0.3 is 6.18 Å². The molecule has 3 aromatic carbocycles. The first-order chi connectivity index (χ1) is 18.2. The average Bonchev–Trinajstić information content (AvgIpc) is 3.66. The van der Waals surface area contributed by atoms with Crippen LogP contribution in [0.4, 0.5) is 28.4 Å². The quantitative estimate of drug-likeness (QED) is 0.237. The summed E-state index contributed by atoms with van der Waals surface area (Å²) in [7, 11) is 0. The molecule has 0 unspecified atom stereocenters. The van der Waals surface area contributed by atoms with E-state index in [1.807, 2.05) is 0 Å². The summed E-state index contributed by atoms with van der Waals surface area (Å²) in [6.45, 7) is 0. The number of anilines is 2. The molecule has 0 saturated heterocycles. The third-order valence-corrected chi connectivity index (χ3v) is 6.71. The van der Waals surface area contributed by atoms with Crippen molar-refractivity contribution in [2.24, 2.45) is 5.92 Å².